The first-order valence-electron chi connectivity index (χ1n) is 10.5. The van der Waals surface area contributed by atoms with E-state index in [2.05, 4.69) is 77.1 Å². The Balaban J connectivity index is 1.35. The minimum atomic E-state index is 0.255. The number of aryl methyl sites for hydroxylation is 1. The number of aromatic nitrogens is 1. The minimum absolute atomic E-state index is 0.255. The van der Waals surface area contributed by atoms with E-state index in [1.54, 1.807) is 0 Å². The highest BCUT2D eigenvalue weighted by Gasteiger charge is 2.39. The van der Waals surface area contributed by atoms with Crippen molar-refractivity contribution in [3.05, 3.63) is 102 Å². The molecule has 3 heteroatoms. The van der Waals surface area contributed by atoms with Gasteiger partial charge in [-0.3, -0.25) is 4.98 Å². The zero-order valence-electron chi connectivity index (χ0n) is 16.5. The van der Waals surface area contributed by atoms with Crippen LogP contribution in [0.15, 0.2) is 85.2 Å². The SMILES string of the molecule is C1=CC2c3cccc(OCCCc4ccccc4)c3NC(c3cccnc3)C2C1. The second kappa shape index (κ2) is 8.12. The fourth-order valence-electron chi connectivity index (χ4n) is 4.71. The number of anilines is 1. The molecule has 5 rings (SSSR count). The van der Waals surface area contributed by atoms with Gasteiger partial charge in [0.25, 0.3) is 0 Å². The predicted octanol–water partition coefficient (Wildman–Crippen LogP) is 5.92. The molecule has 1 aliphatic carbocycles. The zero-order valence-corrected chi connectivity index (χ0v) is 16.5. The van der Waals surface area contributed by atoms with Crippen molar-refractivity contribution in [2.45, 2.75) is 31.2 Å². The van der Waals surface area contributed by atoms with Gasteiger partial charge >= 0.3 is 0 Å². The minimum Gasteiger partial charge on any atom is -0.491 e. The smallest absolute Gasteiger partial charge is 0.142 e. The molecule has 2 heterocycles. The molecule has 0 spiro atoms. The molecular formula is C26H26N2O. The van der Waals surface area contributed by atoms with Gasteiger partial charge in [-0.05, 0) is 54.0 Å². The van der Waals surface area contributed by atoms with Crippen molar-refractivity contribution < 1.29 is 4.74 Å². The van der Waals surface area contributed by atoms with Crippen LogP contribution >= 0.6 is 0 Å². The summed E-state index contributed by atoms with van der Waals surface area (Å²) in [6, 6.07) is 21.5. The van der Waals surface area contributed by atoms with E-state index in [1.165, 1.54) is 16.7 Å². The van der Waals surface area contributed by atoms with Crippen molar-refractivity contribution in [3.63, 3.8) is 0 Å². The summed E-state index contributed by atoms with van der Waals surface area (Å²) in [5, 5.41) is 3.81. The van der Waals surface area contributed by atoms with Crippen LogP contribution in [0.1, 0.15) is 41.5 Å². The van der Waals surface area contributed by atoms with Gasteiger partial charge in [0, 0.05) is 18.3 Å². The van der Waals surface area contributed by atoms with E-state index in [1.807, 2.05) is 18.5 Å². The molecule has 2 aromatic carbocycles. The molecule has 29 heavy (non-hydrogen) atoms. The number of ether oxygens (including phenoxy) is 1. The highest BCUT2D eigenvalue weighted by molar-refractivity contribution is 5.67. The van der Waals surface area contributed by atoms with Gasteiger partial charge in [-0.1, -0.05) is 60.7 Å². The first-order valence-corrected chi connectivity index (χ1v) is 10.5. The monoisotopic (exact) mass is 382 g/mol. The van der Waals surface area contributed by atoms with E-state index in [4.69, 9.17) is 4.74 Å². The van der Waals surface area contributed by atoms with E-state index in [9.17, 15) is 0 Å². The first-order chi connectivity index (χ1) is 14.4. The number of nitrogens with zero attached hydrogens (tertiary/aromatic N) is 1. The van der Waals surface area contributed by atoms with Crippen molar-refractivity contribution in [3.8, 4) is 5.75 Å². The number of allylic oxidation sites excluding steroid dienone is 2. The van der Waals surface area contributed by atoms with E-state index < -0.39 is 0 Å². The Morgan fingerprint density at radius 3 is 2.79 bits per heavy atom. The van der Waals surface area contributed by atoms with Gasteiger partial charge in [0.1, 0.15) is 5.75 Å². The Bertz CT molecular complexity index is 984. The van der Waals surface area contributed by atoms with Crippen molar-refractivity contribution in [1.82, 2.24) is 4.98 Å². The molecule has 146 valence electrons. The molecule has 1 N–H and O–H groups in total. The van der Waals surface area contributed by atoms with E-state index >= 15 is 0 Å². The maximum absolute atomic E-state index is 6.26. The van der Waals surface area contributed by atoms with Gasteiger partial charge in [-0.2, -0.15) is 0 Å². The van der Waals surface area contributed by atoms with Crippen LogP contribution in [-0.2, 0) is 6.42 Å². The van der Waals surface area contributed by atoms with Crippen molar-refractivity contribution >= 4 is 5.69 Å². The van der Waals surface area contributed by atoms with Crippen molar-refractivity contribution in [1.29, 1.82) is 0 Å². The Kier molecular flexibility index (Phi) is 5.04. The van der Waals surface area contributed by atoms with Gasteiger partial charge in [0.15, 0.2) is 0 Å². The fraction of sp³-hybridized carbons (Fsp3) is 0.269. The van der Waals surface area contributed by atoms with Crippen LogP contribution in [0, 0.1) is 5.92 Å². The molecule has 0 amide bonds. The quantitative estimate of drug-likeness (QED) is 0.424. The van der Waals surface area contributed by atoms with Crippen LogP contribution in [0.2, 0.25) is 0 Å². The average Bonchev–Trinajstić information content (AvgIpc) is 3.28. The van der Waals surface area contributed by atoms with Crippen molar-refractivity contribution in [2.24, 2.45) is 5.92 Å². The van der Waals surface area contributed by atoms with Crippen LogP contribution in [0.4, 0.5) is 5.69 Å². The molecule has 0 fully saturated rings. The average molecular weight is 383 g/mol. The lowest BCUT2D eigenvalue weighted by Gasteiger charge is -2.38. The highest BCUT2D eigenvalue weighted by atomic mass is 16.5. The summed E-state index contributed by atoms with van der Waals surface area (Å²) >= 11 is 0. The van der Waals surface area contributed by atoms with Gasteiger partial charge in [0.05, 0.1) is 18.3 Å². The van der Waals surface area contributed by atoms with Gasteiger partial charge in [-0.25, -0.2) is 0 Å². The number of rotatable bonds is 6. The maximum Gasteiger partial charge on any atom is 0.142 e. The van der Waals surface area contributed by atoms with E-state index in [0.29, 0.717) is 18.4 Å². The third-order valence-corrected chi connectivity index (χ3v) is 6.11. The lowest BCUT2D eigenvalue weighted by molar-refractivity contribution is 0.309. The molecule has 1 aliphatic heterocycles. The third kappa shape index (κ3) is 3.65. The summed E-state index contributed by atoms with van der Waals surface area (Å²) in [4.78, 5) is 4.35. The number of nitrogens with one attached hydrogen (secondary N) is 1. The summed E-state index contributed by atoms with van der Waals surface area (Å²) in [7, 11) is 0. The van der Waals surface area contributed by atoms with Crippen LogP contribution in [0.25, 0.3) is 0 Å². The number of benzene rings is 2. The second-order valence-electron chi connectivity index (χ2n) is 7.92. The number of fused-ring (bicyclic) bond motifs is 3. The van der Waals surface area contributed by atoms with Crippen LogP contribution in [0.5, 0.6) is 5.75 Å². The fourth-order valence-corrected chi connectivity index (χ4v) is 4.71. The standard InChI is InChI=1S/C26H26N2O/c1-2-8-19(9-3-1)10-7-17-29-24-15-5-14-23-21-12-4-13-22(21)25(28-26(23)24)20-11-6-16-27-18-20/h1-6,8-9,11-12,14-16,18,21-22,25,28H,7,10,13,17H2. The lowest BCUT2D eigenvalue weighted by Crippen LogP contribution is -2.29. The summed E-state index contributed by atoms with van der Waals surface area (Å²) in [6.45, 7) is 0.717. The summed E-state index contributed by atoms with van der Waals surface area (Å²) in [6.07, 6.45) is 11.7. The van der Waals surface area contributed by atoms with E-state index in [-0.39, 0.29) is 6.04 Å². The first kappa shape index (κ1) is 18.0. The molecule has 2 aliphatic rings. The molecular weight excluding hydrogens is 356 g/mol. The molecule has 0 saturated carbocycles. The van der Waals surface area contributed by atoms with Gasteiger partial charge in [-0.15, -0.1) is 0 Å². The second-order valence-corrected chi connectivity index (χ2v) is 7.92. The molecule has 1 aromatic heterocycles. The number of hydrogen-bond acceptors (Lipinski definition) is 3. The molecule has 3 aromatic rings. The number of para-hydroxylation sites is 1. The lowest BCUT2D eigenvalue weighted by atomic mass is 9.77. The summed E-state index contributed by atoms with van der Waals surface area (Å²) in [5.74, 6) is 1.92. The Hall–Kier alpha value is -3.07. The van der Waals surface area contributed by atoms with Gasteiger partial charge < -0.3 is 10.1 Å². The summed E-state index contributed by atoms with van der Waals surface area (Å²) < 4.78 is 6.26. The van der Waals surface area contributed by atoms with Crippen LogP contribution < -0.4 is 10.1 Å². The Morgan fingerprint density at radius 1 is 1.00 bits per heavy atom. The maximum atomic E-state index is 6.26. The van der Waals surface area contributed by atoms with E-state index in [0.717, 1.165) is 30.7 Å². The normalized spacial score (nSPS) is 21.9. The number of hydrogen-bond donors (Lipinski definition) is 1. The molecule has 0 radical (unpaired) electrons. The highest BCUT2D eigenvalue weighted by Crippen LogP contribution is 2.52. The van der Waals surface area contributed by atoms with Gasteiger partial charge in [0.2, 0.25) is 0 Å². The summed E-state index contributed by atoms with van der Waals surface area (Å²) in [5.41, 5.74) is 5.11. The third-order valence-electron chi connectivity index (χ3n) is 6.11. The Labute approximate surface area is 172 Å². The largest absolute Gasteiger partial charge is 0.491 e. The molecule has 3 atom stereocenters. The zero-order chi connectivity index (χ0) is 19.5. The van der Waals surface area contributed by atoms with Crippen molar-refractivity contribution in [2.75, 3.05) is 11.9 Å². The Morgan fingerprint density at radius 2 is 1.93 bits per heavy atom. The molecule has 0 bridgehead atoms. The molecule has 3 unspecified atom stereocenters. The van der Waals surface area contributed by atoms with Crippen LogP contribution in [-0.4, -0.2) is 11.6 Å². The number of pyridine rings is 1. The topological polar surface area (TPSA) is 34.1 Å². The molecule has 0 saturated heterocycles. The predicted molar refractivity (Wildman–Crippen MR) is 117 cm³/mol. The van der Waals surface area contributed by atoms with Crippen LogP contribution in [0.3, 0.4) is 0 Å². The molecule has 3 nitrogen and oxygen atoms in total.